The molecule has 0 heterocycles. The third-order valence-corrected chi connectivity index (χ3v) is 6.68. The minimum Gasteiger partial charge on any atom is -0.490 e. The van der Waals surface area contributed by atoms with E-state index < -0.39 is 0 Å². The van der Waals surface area contributed by atoms with Crippen LogP contribution >= 0.6 is 0 Å². The standard InChI is InChI=1S/C22H34O/c1-3-18-9-11-20(12-10-18)21-15-13-19(14-16-21)17(2)23-22-7-5-4-6-8-22/h4-8,17-21H,3,9-16H2,1-2H3. The Labute approximate surface area is 142 Å². The van der Waals surface area contributed by atoms with E-state index in [4.69, 9.17) is 4.74 Å². The third kappa shape index (κ3) is 4.52. The summed E-state index contributed by atoms with van der Waals surface area (Å²) in [7, 11) is 0. The van der Waals surface area contributed by atoms with Gasteiger partial charge in [0.15, 0.2) is 0 Å². The molecular weight excluding hydrogens is 280 g/mol. The maximum absolute atomic E-state index is 6.16. The Balaban J connectivity index is 1.43. The van der Waals surface area contributed by atoms with Crippen LogP contribution in [0.15, 0.2) is 30.3 Å². The lowest BCUT2D eigenvalue weighted by molar-refractivity contribution is 0.0827. The van der Waals surface area contributed by atoms with E-state index in [2.05, 4.69) is 44.2 Å². The fourth-order valence-electron chi connectivity index (χ4n) is 4.96. The van der Waals surface area contributed by atoms with Gasteiger partial charge in [-0.3, -0.25) is 0 Å². The highest BCUT2D eigenvalue weighted by molar-refractivity contribution is 5.21. The minimum atomic E-state index is 0.356. The normalized spacial score (nSPS) is 33.1. The first-order valence-electron chi connectivity index (χ1n) is 9.98. The van der Waals surface area contributed by atoms with Crippen molar-refractivity contribution in [1.29, 1.82) is 0 Å². The van der Waals surface area contributed by atoms with Crippen LogP contribution in [-0.4, -0.2) is 6.10 Å². The smallest absolute Gasteiger partial charge is 0.119 e. The average Bonchev–Trinajstić information content (AvgIpc) is 2.63. The van der Waals surface area contributed by atoms with Crippen molar-refractivity contribution in [2.45, 2.75) is 77.7 Å². The van der Waals surface area contributed by atoms with Crippen molar-refractivity contribution in [3.63, 3.8) is 0 Å². The van der Waals surface area contributed by atoms with Crippen molar-refractivity contribution in [3.8, 4) is 5.75 Å². The van der Waals surface area contributed by atoms with E-state index in [1.54, 1.807) is 0 Å². The van der Waals surface area contributed by atoms with Crippen LogP contribution in [0.5, 0.6) is 5.75 Å². The predicted molar refractivity (Wildman–Crippen MR) is 97.7 cm³/mol. The fraction of sp³-hybridized carbons (Fsp3) is 0.727. The first-order chi connectivity index (χ1) is 11.3. The number of rotatable bonds is 5. The van der Waals surface area contributed by atoms with Gasteiger partial charge in [0.2, 0.25) is 0 Å². The molecule has 0 bridgehead atoms. The molecule has 0 aromatic heterocycles. The van der Waals surface area contributed by atoms with E-state index in [0.717, 1.165) is 29.4 Å². The number of hydrogen-bond donors (Lipinski definition) is 0. The summed E-state index contributed by atoms with van der Waals surface area (Å²) in [6, 6.07) is 10.3. The van der Waals surface area contributed by atoms with E-state index in [0.29, 0.717) is 6.10 Å². The molecule has 2 aliphatic carbocycles. The van der Waals surface area contributed by atoms with Gasteiger partial charge in [0.1, 0.15) is 5.75 Å². The summed E-state index contributed by atoms with van der Waals surface area (Å²) in [6.45, 7) is 4.63. The molecule has 2 aliphatic rings. The largest absolute Gasteiger partial charge is 0.490 e. The molecule has 1 aromatic carbocycles. The first kappa shape index (κ1) is 16.9. The summed E-state index contributed by atoms with van der Waals surface area (Å²) in [5.41, 5.74) is 0. The van der Waals surface area contributed by atoms with Gasteiger partial charge in [-0.15, -0.1) is 0 Å². The van der Waals surface area contributed by atoms with Gasteiger partial charge in [0.25, 0.3) is 0 Å². The molecule has 0 radical (unpaired) electrons. The van der Waals surface area contributed by atoms with Gasteiger partial charge in [-0.1, -0.05) is 44.4 Å². The number of para-hydroxylation sites is 1. The number of hydrogen-bond acceptors (Lipinski definition) is 1. The second-order valence-corrected chi connectivity index (χ2v) is 8.00. The van der Waals surface area contributed by atoms with Crippen molar-refractivity contribution in [3.05, 3.63) is 30.3 Å². The van der Waals surface area contributed by atoms with E-state index in [9.17, 15) is 0 Å². The first-order valence-corrected chi connectivity index (χ1v) is 9.98. The Morgan fingerprint density at radius 1 is 0.870 bits per heavy atom. The van der Waals surface area contributed by atoms with Crippen LogP contribution in [0.2, 0.25) is 0 Å². The Hall–Kier alpha value is -0.980. The van der Waals surface area contributed by atoms with Gasteiger partial charge in [-0.25, -0.2) is 0 Å². The van der Waals surface area contributed by atoms with Gasteiger partial charge in [0, 0.05) is 0 Å². The highest BCUT2D eigenvalue weighted by atomic mass is 16.5. The lowest BCUT2D eigenvalue weighted by atomic mass is 9.68. The zero-order chi connectivity index (χ0) is 16.1. The molecule has 23 heavy (non-hydrogen) atoms. The molecule has 0 N–H and O–H groups in total. The molecule has 2 saturated carbocycles. The molecule has 0 saturated heterocycles. The molecule has 1 atom stereocenters. The molecule has 2 fully saturated rings. The number of ether oxygens (including phenoxy) is 1. The van der Waals surface area contributed by atoms with Crippen LogP contribution in [0.3, 0.4) is 0 Å². The van der Waals surface area contributed by atoms with E-state index >= 15 is 0 Å². The highest BCUT2D eigenvalue weighted by Crippen LogP contribution is 2.42. The molecule has 1 nitrogen and oxygen atoms in total. The van der Waals surface area contributed by atoms with E-state index in [-0.39, 0.29) is 0 Å². The molecule has 3 rings (SSSR count). The molecule has 1 aromatic rings. The summed E-state index contributed by atoms with van der Waals surface area (Å²) < 4.78 is 6.16. The maximum Gasteiger partial charge on any atom is 0.119 e. The Morgan fingerprint density at radius 3 is 2.00 bits per heavy atom. The lowest BCUT2D eigenvalue weighted by Gasteiger charge is -2.39. The van der Waals surface area contributed by atoms with Crippen LogP contribution in [0, 0.1) is 23.7 Å². The minimum absolute atomic E-state index is 0.356. The van der Waals surface area contributed by atoms with Crippen molar-refractivity contribution >= 4 is 0 Å². The number of benzene rings is 1. The zero-order valence-corrected chi connectivity index (χ0v) is 15.0. The van der Waals surface area contributed by atoms with Gasteiger partial charge in [-0.05, 0) is 81.3 Å². The van der Waals surface area contributed by atoms with Crippen LogP contribution < -0.4 is 4.74 Å². The monoisotopic (exact) mass is 314 g/mol. The van der Waals surface area contributed by atoms with Crippen LogP contribution in [0.1, 0.15) is 71.6 Å². The van der Waals surface area contributed by atoms with E-state index in [1.165, 1.54) is 57.8 Å². The molecule has 128 valence electrons. The summed E-state index contributed by atoms with van der Waals surface area (Å²) >= 11 is 0. The van der Waals surface area contributed by atoms with Crippen molar-refractivity contribution < 1.29 is 4.74 Å². The SMILES string of the molecule is CCC1CCC(C2CCC(C(C)Oc3ccccc3)CC2)CC1. The summed E-state index contributed by atoms with van der Waals surface area (Å²) in [6.07, 6.45) is 13.4. The maximum atomic E-state index is 6.16. The second kappa shape index (κ2) is 8.22. The molecule has 0 aliphatic heterocycles. The van der Waals surface area contributed by atoms with Gasteiger partial charge >= 0.3 is 0 Å². The molecule has 0 amide bonds. The zero-order valence-electron chi connectivity index (χ0n) is 15.0. The van der Waals surface area contributed by atoms with Crippen LogP contribution in [0.4, 0.5) is 0 Å². The molecule has 1 heteroatoms. The fourth-order valence-corrected chi connectivity index (χ4v) is 4.96. The summed E-state index contributed by atoms with van der Waals surface area (Å²) in [4.78, 5) is 0. The third-order valence-electron chi connectivity index (χ3n) is 6.68. The van der Waals surface area contributed by atoms with Gasteiger partial charge in [0.05, 0.1) is 6.10 Å². The van der Waals surface area contributed by atoms with E-state index in [1.807, 2.05) is 0 Å². The predicted octanol–water partition coefficient (Wildman–Crippen LogP) is 6.48. The molecule has 1 unspecified atom stereocenters. The van der Waals surface area contributed by atoms with Gasteiger partial charge in [-0.2, -0.15) is 0 Å². The van der Waals surface area contributed by atoms with Crippen molar-refractivity contribution in [2.24, 2.45) is 23.7 Å². The van der Waals surface area contributed by atoms with Crippen molar-refractivity contribution in [2.75, 3.05) is 0 Å². The summed E-state index contributed by atoms with van der Waals surface area (Å²) in [5.74, 6) is 4.84. The topological polar surface area (TPSA) is 9.23 Å². The molecule has 0 spiro atoms. The highest BCUT2D eigenvalue weighted by Gasteiger charge is 2.32. The Kier molecular flexibility index (Phi) is 6.02. The lowest BCUT2D eigenvalue weighted by Crippen LogP contribution is -2.31. The summed E-state index contributed by atoms with van der Waals surface area (Å²) in [5, 5.41) is 0. The van der Waals surface area contributed by atoms with Crippen molar-refractivity contribution in [1.82, 2.24) is 0 Å². The van der Waals surface area contributed by atoms with Crippen LogP contribution in [0.25, 0.3) is 0 Å². The second-order valence-electron chi connectivity index (χ2n) is 8.00. The molecular formula is C22H34O. The Bertz CT molecular complexity index is 438. The average molecular weight is 315 g/mol. The van der Waals surface area contributed by atoms with Gasteiger partial charge < -0.3 is 4.74 Å². The van der Waals surface area contributed by atoms with Crippen LogP contribution in [-0.2, 0) is 0 Å². The quantitative estimate of drug-likeness (QED) is 0.604. The Morgan fingerprint density at radius 2 is 1.43 bits per heavy atom.